The molecular weight excluding hydrogens is 380 g/mol. The Balaban J connectivity index is 1.46. The van der Waals surface area contributed by atoms with Crippen molar-refractivity contribution in [1.29, 1.82) is 0 Å². The molecule has 3 aromatic rings. The topological polar surface area (TPSA) is 78.3 Å². The van der Waals surface area contributed by atoms with Gasteiger partial charge >= 0.3 is 0 Å². The van der Waals surface area contributed by atoms with Crippen LogP contribution < -0.4 is 10.1 Å². The van der Waals surface area contributed by atoms with E-state index in [1.807, 2.05) is 31.2 Å². The van der Waals surface area contributed by atoms with Gasteiger partial charge in [0.2, 0.25) is 0 Å². The van der Waals surface area contributed by atoms with E-state index in [2.05, 4.69) is 15.6 Å². The van der Waals surface area contributed by atoms with Crippen LogP contribution in [-0.2, 0) is 17.9 Å². The van der Waals surface area contributed by atoms with Crippen molar-refractivity contribution >= 4 is 23.2 Å². The van der Waals surface area contributed by atoms with Gasteiger partial charge in [-0.1, -0.05) is 28.9 Å². The molecule has 7 nitrogen and oxygen atoms in total. The molecule has 1 aromatic heterocycles. The van der Waals surface area contributed by atoms with Crippen LogP contribution in [0.15, 0.2) is 48.5 Å². The molecule has 0 saturated carbocycles. The number of rotatable bonds is 5. The number of halogens is 1. The molecule has 0 unspecified atom stereocenters. The third-order valence-electron chi connectivity index (χ3n) is 4.48. The standard InChI is InChI=1S/C20H19ClN4O3/c1-2-27-16-9-7-15(8-10-16)22-20(26)19-17-12-28-18(11-25(17)24-23-19)13-3-5-14(21)6-4-13/h3-10,18H,2,11-12H2,1H3,(H,22,26)/t18-/m1/s1. The Morgan fingerprint density at radius 3 is 2.71 bits per heavy atom. The van der Waals surface area contributed by atoms with E-state index < -0.39 is 0 Å². The van der Waals surface area contributed by atoms with Gasteiger partial charge in [-0.25, -0.2) is 4.68 Å². The van der Waals surface area contributed by atoms with Gasteiger partial charge < -0.3 is 14.8 Å². The first-order valence-corrected chi connectivity index (χ1v) is 9.35. The lowest BCUT2D eigenvalue weighted by molar-refractivity contribution is -0.00171. The minimum Gasteiger partial charge on any atom is -0.494 e. The van der Waals surface area contributed by atoms with E-state index in [-0.39, 0.29) is 24.3 Å². The molecule has 0 aliphatic carbocycles. The molecule has 1 aliphatic heterocycles. The monoisotopic (exact) mass is 398 g/mol. The van der Waals surface area contributed by atoms with E-state index >= 15 is 0 Å². The van der Waals surface area contributed by atoms with Crippen molar-refractivity contribution in [3.63, 3.8) is 0 Å². The molecule has 4 rings (SSSR count). The fourth-order valence-electron chi connectivity index (χ4n) is 3.06. The number of anilines is 1. The number of amides is 1. The van der Waals surface area contributed by atoms with Gasteiger partial charge in [-0.15, -0.1) is 5.10 Å². The third kappa shape index (κ3) is 3.85. The molecule has 1 aliphatic rings. The Bertz CT molecular complexity index is 970. The highest BCUT2D eigenvalue weighted by Gasteiger charge is 2.27. The van der Waals surface area contributed by atoms with Crippen molar-refractivity contribution in [2.24, 2.45) is 0 Å². The number of nitrogens with zero attached hydrogens (tertiary/aromatic N) is 3. The van der Waals surface area contributed by atoms with Crippen molar-refractivity contribution in [1.82, 2.24) is 15.0 Å². The second-order valence-electron chi connectivity index (χ2n) is 6.33. The minimum absolute atomic E-state index is 0.159. The first-order chi connectivity index (χ1) is 13.6. The van der Waals surface area contributed by atoms with E-state index in [0.29, 0.717) is 29.6 Å². The van der Waals surface area contributed by atoms with E-state index in [9.17, 15) is 4.79 Å². The summed E-state index contributed by atoms with van der Waals surface area (Å²) in [5, 5.41) is 11.7. The molecule has 28 heavy (non-hydrogen) atoms. The van der Waals surface area contributed by atoms with E-state index in [1.165, 1.54) is 0 Å². The van der Waals surface area contributed by atoms with E-state index in [0.717, 1.165) is 11.3 Å². The molecule has 144 valence electrons. The van der Waals surface area contributed by atoms with Gasteiger partial charge in [0, 0.05) is 10.7 Å². The zero-order chi connectivity index (χ0) is 19.5. The number of benzene rings is 2. The Morgan fingerprint density at radius 2 is 2.00 bits per heavy atom. The molecule has 0 radical (unpaired) electrons. The van der Waals surface area contributed by atoms with Gasteiger partial charge in [0.25, 0.3) is 5.91 Å². The van der Waals surface area contributed by atoms with Gasteiger partial charge in [-0.05, 0) is 48.9 Å². The predicted octanol–water partition coefficient (Wildman–Crippen LogP) is 3.85. The maximum absolute atomic E-state index is 12.6. The number of nitrogens with one attached hydrogen (secondary N) is 1. The van der Waals surface area contributed by atoms with Crippen LogP contribution in [0.4, 0.5) is 5.69 Å². The Kier molecular flexibility index (Phi) is 5.27. The molecule has 0 saturated heterocycles. The predicted molar refractivity (Wildman–Crippen MR) is 105 cm³/mol. The van der Waals surface area contributed by atoms with E-state index in [4.69, 9.17) is 21.1 Å². The summed E-state index contributed by atoms with van der Waals surface area (Å²) in [6.45, 7) is 3.26. The number of carbonyl (C=O) groups is 1. The van der Waals surface area contributed by atoms with Crippen LogP contribution in [0, 0.1) is 0 Å². The van der Waals surface area contributed by atoms with Crippen LogP contribution in [0.2, 0.25) is 5.02 Å². The molecule has 1 atom stereocenters. The maximum atomic E-state index is 12.6. The second kappa shape index (κ2) is 8.00. The summed E-state index contributed by atoms with van der Waals surface area (Å²) < 4.78 is 13.1. The summed E-state index contributed by atoms with van der Waals surface area (Å²) >= 11 is 5.94. The molecule has 2 heterocycles. The van der Waals surface area contributed by atoms with E-state index in [1.54, 1.807) is 28.9 Å². The van der Waals surface area contributed by atoms with Crippen LogP contribution in [0.25, 0.3) is 0 Å². The first-order valence-electron chi connectivity index (χ1n) is 8.97. The summed E-state index contributed by atoms with van der Waals surface area (Å²) in [5.74, 6) is 0.433. The Morgan fingerprint density at radius 1 is 1.25 bits per heavy atom. The summed E-state index contributed by atoms with van der Waals surface area (Å²) in [7, 11) is 0. The summed E-state index contributed by atoms with van der Waals surface area (Å²) in [6.07, 6.45) is -0.159. The summed E-state index contributed by atoms with van der Waals surface area (Å²) in [5.41, 5.74) is 2.59. The minimum atomic E-state index is -0.320. The van der Waals surface area contributed by atoms with Gasteiger partial charge in [0.05, 0.1) is 25.5 Å². The highest BCUT2D eigenvalue weighted by Crippen LogP contribution is 2.28. The molecule has 8 heteroatoms. The number of carbonyl (C=O) groups excluding carboxylic acids is 1. The van der Waals surface area contributed by atoms with Crippen LogP contribution >= 0.6 is 11.6 Å². The van der Waals surface area contributed by atoms with Gasteiger partial charge in [0.1, 0.15) is 11.9 Å². The lowest BCUT2D eigenvalue weighted by atomic mass is 10.1. The van der Waals surface area contributed by atoms with Gasteiger partial charge in [-0.3, -0.25) is 4.79 Å². The van der Waals surface area contributed by atoms with Crippen LogP contribution in [0.5, 0.6) is 5.75 Å². The fraction of sp³-hybridized carbons (Fsp3) is 0.250. The molecule has 1 amide bonds. The Hall–Kier alpha value is -2.90. The smallest absolute Gasteiger partial charge is 0.278 e. The zero-order valence-electron chi connectivity index (χ0n) is 15.3. The van der Waals surface area contributed by atoms with Gasteiger partial charge in [0.15, 0.2) is 5.69 Å². The Labute approximate surface area is 167 Å². The SMILES string of the molecule is CCOc1ccc(NC(=O)c2nnn3c2CO[C@@H](c2ccc(Cl)cc2)C3)cc1. The summed E-state index contributed by atoms with van der Waals surface area (Å²) in [4.78, 5) is 12.6. The lowest BCUT2D eigenvalue weighted by Crippen LogP contribution is -2.24. The largest absolute Gasteiger partial charge is 0.494 e. The van der Waals surface area contributed by atoms with Crippen molar-refractivity contribution in [3.05, 3.63) is 70.5 Å². The molecule has 2 aromatic carbocycles. The van der Waals surface area contributed by atoms with Crippen LogP contribution in [0.3, 0.4) is 0 Å². The zero-order valence-corrected chi connectivity index (χ0v) is 16.0. The first kappa shape index (κ1) is 18.5. The van der Waals surface area contributed by atoms with Gasteiger partial charge in [-0.2, -0.15) is 0 Å². The second-order valence-corrected chi connectivity index (χ2v) is 6.77. The summed E-state index contributed by atoms with van der Waals surface area (Å²) in [6, 6.07) is 14.7. The molecule has 0 fully saturated rings. The molecular formula is C20H19ClN4O3. The van der Waals surface area contributed by atoms with Crippen molar-refractivity contribution in [2.45, 2.75) is 26.2 Å². The average Bonchev–Trinajstić information content (AvgIpc) is 3.13. The third-order valence-corrected chi connectivity index (χ3v) is 4.73. The highest BCUT2D eigenvalue weighted by atomic mass is 35.5. The average molecular weight is 399 g/mol. The molecule has 1 N–H and O–H groups in total. The number of hydrogen-bond acceptors (Lipinski definition) is 5. The highest BCUT2D eigenvalue weighted by molar-refractivity contribution is 6.30. The number of fused-ring (bicyclic) bond motifs is 1. The van der Waals surface area contributed by atoms with Crippen molar-refractivity contribution < 1.29 is 14.3 Å². The fourth-order valence-corrected chi connectivity index (χ4v) is 3.18. The lowest BCUT2D eigenvalue weighted by Gasteiger charge is -2.24. The number of hydrogen-bond donors (Lipinski definition) is 1. The van der Waals surface area contributed by atoms with Crippen LogP contribution in [-0.4, -0.2) is 27.5 Å². The quantitative estimate of drug-likeness (QED) is 0.706. The van der Waals surface area contributed by atoms with Crippen molar-refractivity contribution in [2.75, 3.05) is 11.9 Å². The van der Waals surface area contributed by atoms with Crippen LogP contribution in [0.1, 0.15) is 34.8 Å². The molecule has 0 bridgehead atoms. The molecule has 0 spiro atoms. The normalized spacial score (nSPS) is 15.7. The van der Waals surface area contributed by atoms with Crippen molar-refractivity contribution in [3.8, 4) is 5.75 Å². The number of ether oxygens (including phenoxy) is 2. The maximum Gasteiger partial charge on any atom is 0.278 e. The number of aromatic nitrogens is 3.